The molecule has 0 atom stereocenters. The van der Waals surface area contributed by atoms with Gasteiger partial charge in [-0.3, -0.25) is 4.99 Å². The van der Waals surface area contributed by atoms with Crippen molar-refractivity contribution in [2.75, 3.05) is 7.11 Å². The van der Waals surface area contributed by atoms with Crippen molar-refractivity contribution in [1.29, 1.82) is 0 Å². The largest absolute Gasteiger partial charge is 0.494 e. The third kappa shape index (κ3) is 3.54. The van der Waals surface area contributed by atoms with E-state index in [1.165, 1.54) is 24.8 Å². The highest BCUT2D eigenvalue weighted by Gasteiger charge is 2.05. The van der Waals surface area contributed by atoms with Crippen LogP contribution in [0.5, 0.6) is 5.75 Å². The standard InChI is InChI=1S/C11H15FN4O/c1-7(15-6-11(13)16-14)8-3-4-9(12)10(5-8)17-2/h3-6,16H,13-14H2,1-2H3/p+1/b11-6-,15-7?. The zero-order valence-electron chi connectivity index (χ0n) is 9.77. The number of aliphatic imine (C=N–C) groups is 1. The number of ether oxygens (including phenoxy) is 1. The number of rotatable bonds is 4. The quantitative estimate of drug-likeness (QED) is 0.387. The molecule has 0 saturated heterocycles. The summed E-state index contributed by atoms with van der Waals surface area (Å²) in [6.07, 6.45) is 1.44. The van der Waals surface area contributed by atoms with Gasteiger partial charge in [0, 0.05) is 5.71 Å². The molecule has 0 aliphatic rings. The molecule has 0 aliphatic carbocycles. The second kappa shape index (κ2) is 5.97. The summed E-state index contributed by atoms with van der Waals surface area (Å²) in [5.41, 5.74) is 8.16. The van der Waals surface area contributed by atoms with Crippen molar-refractivity contribution < 1.29 is 14.6 Å². The van der Waals surface area contributed by atoms with Crippen LogP contribution >= 0.6 is 0 Å². The van der Waals surface area contributed by atoms with Crippen molar-refractivity contribution in [3.63, 3.8) is 0 Å². The van der Waals surface area contributed by atoms with Crippen LogP contribution in [0.1, 0.15) is 12.5 Å². The molecule has 6 heteroatoms. The summed E-state index contributed by atoms with van der Waals surface area (Å²) in [6, 6.07) is 4.52. The first-order valence-corrected chi connectivity index (χ1v) is 4.97. The SMILES string of the molecule is COc1cc(C(C)=N/C=C(/N)[NH2+]N)ccc1F. The summed E-state index contributed by atoms with van der Waals surface area (Å²) in [7, 11) is 1.41. The molecule has 1 rings (SSSR count). The molecule has 0 spiro atoms. The van der Waals surface area contributed by atoms with Gasteiger partial charge in [0.25, 0.3) is 0 Å². The maximum atomic E-state index is 13.2. The Morgan fingerprint density at radius 3 is 2.82 bits per heavy atom. The Balaban J connectivity index is 3.00. The minimum absolute atomic E-state index is 0.180. The minimum atomic E-state index is -0.408. The summed E-state index contributed by atoms with van der Waals surface area (Å²) >= 11 is 0. The molecule has 0 bridgehead atoms. The molecule has 0 fully saturated rings. The van der Waals surface area contributed by atoms with E-state index in [0.717, 1.165) is 5.56 Å². The zero-order chi connectivity index (χ0) is 12.8. The molecule has 0 unspecified atom stereocenters. The van der Waals surface area contributed by atoms with E-state index in [1.54, 1.807) is 19.1 Å². The molecular formula is C11H16FN4O+. The van der Waals surface area contributed by atoms with Crippen LogP contribution in [0.25, 0.3) is 0 Å². The van der Waals surface area contributed by atoms with Crippen molar-refractivity contribution >= 4 is 5.71 Å². The summed E-state index contributed by atoms with van der Waals surface area (Å²) in [5, 5.41) is 0. The molecule has 6 N–H and O–H groups in total. The monoisotopic (exact) mass is 239 g/mol. The molecule has 1 aromatic rings. The predicted octanol–water partition coefficient (Wildman–Crippen LogP) is -0.162. The van der Waals surface area contributed by atoms with Crippen molar-refractivity contribution in [3.05, 3.63) is 41.6 Å². The van der Waals surface area contributed by atoms with Gasteiger partial charge < -0.3 is 10.5 Å². The van der Waals surface area contributed by atoms with E-state index in [4.69, 9.17) is 16.3 Å². The maximum absolute atomic E-state index is 13.2. The van der Waals surface area contributed by atoms with Crippen molar-refractivity contribution in [1.82, 2.24) is 0 Å². The van der Waals surface area contributed by atoms with Crippen LogP contribution in [0.4, 0.5) is 4.39 Å². The van der Waals surface area contributed by atoms with E-state index in [0.29, 0.717) is 11.5 Å². The van der Waals surface area contributed by atoms with Gasteiger partial charge in [-0.1, -0.05) is 0 Å². The number of hydrogen-bond acceptors (Lipinski definition) is 4. The average molecular weight is 239 g/mol. The first-order valence-electron chi connectivity index (χ1n) is 4.97. The van der Waals surface area contributed by atoms with Crippen LogP contribution in [0, 0.1) is 5.82 Å². The highest BCUT2D eigenvalue weighted by atomic mass is 19.1. The molecule has 17 heavy (non-hydrogen) atoms. The Morgan fingerprint density at radius 1 is 1.53 bits per heavy atom. The van der Waals surface area contributed by atoms with Gasteiger partial charge in [-0.05, 0) is 30.7 Å². The van der Waals surface area contributed by atoms with Gasteiger partial charge in [0.1, 0.15) is 6.20 Å². The zero-order valence-corrected chi connectivity index (χ0v) is 9.77. The molecule has 0 aliphatic heterocycles. The van der Waals surface area contributed by atoms with Gasteiger partial charge in [-0.25, -0.2) is 9.82 Å². The Morgan fingerprint density at radius 2 is 2.24 bits per heavy atom. The van der Waals surface area contributed by atoms with Crippen LogP contribution in [0.2, 0.25) is 0 Å². The number of hydrogen-bond donors (Lipinski definition) is 3. The lowest BCUT2D eigenvalue weighted by atomic mass is 10.1. The Labute approximate surface area is 98.9 Å². The third-order valence-corrected chi connectivity index (χ3v) is 2.17. The molecule has 0 amide bonds. The van der Waals surface area contributed by atoms with E-state index >= 15 is 0 Å². The normalized spacial score (nSPS) is 12.7. The second-order valence-electron chi connectivity index (χ2n) is 3.36. The van der Waals surface area contributed by atoms with E-state index in [2.05, 4.69) is 4.99 Å². The fourth-order valence-corrected chi connectivity index (χ4v) is 1.17. The van der Waals surface area contributed by atoms with Crippen LogP contribution < -0.4 is 21.7 Å². The van der Waals surface area contributed by atoms with Crippen LogP contribution in [-0.4, -0.2) is 12.8 Å². The van der Waals surface area contributed by atoms with E-state index in [9.17, 15) is 4.39 Å². The van der Waals surface area contributed by atoms with E-state index < -0.39 is 5.82 Å². The van der Waals surface area contributed by atoms with Crippen molar-refractivity contribution in [2.45, 2.75) is 6.92 Å². The maximum Gasteiger partial charge on any atom is 0.233 e. The van der Waals surface area contributed by atoms with Crippen molar-refractivity contribution in [3.8, 4) is 5.75 Å². The topological polar surface area (TPSA) is 90.2 Å². The Hall–Kier alpha value is -1.92. The molecule has 0 aromatic heterocycles. The molecule has 1 aromatic carbocycles. The van der Waals surface area contributed by atoms with Crippen LogP contribution in [0.3, 0.4) is 0 Å². The predicted molar refractivity (Wildman–Crippen MR) is 63.5 cm³/mol. The minimum Gasteiger partial charge on any atom is -0.494 e. The molecule has 0 heterocycles. The van der Waals surface area contributed by atoms with Gasteiger partial charge in [-0.2, -0.15) is 5.84 Å². The molecule has 0 radical (unpaired) electrons. The smallest absolute Gasteiger partial charge is 0.233 e. The number of benzene rings is 1. The van der Waals surface area contributed by atoms with E-state index in [1.807, 2.05) is 0 Å². The highest BCUT2D eigenvalue weighted by molar-refractivity contribution is 5.99. The van der Waals surface area contributed by atoms with Gasteiger partial charge >= 0.3 is 0 Å². The molecule has 92 valence electrons. The number of halogens is 1. The number of nitrogens with zero attached hydrogens (tertiary/aromatic N) is 1. The lowest BCUT2D eigenvalue weighted by molar-refractivity contribution is -0.620. The first-order chi connectivity index (χ1) is 8.08. The number of methoxy groups -OCH3 is 1. The molecular weight excluding hydrogens is 223 g/mol. The highest BCUT2D eigenvalue weighted by Crippen LogP contribution is 2.18. The van der Waals surface area contributed by atoms with Crippen molar-refractivity contribution in [2.24, 2.45) is 16.6 Å². The lowest BCUT2D eigenvalue weighted by Gasteiger charge is -2.04. The third-order valence-electron chi connectivity index (χ3n) is 2.17. The fourth-order valence-electron chi connectivity index (χ4n) is 1.17. The lowest BCUT2D eigenvalue weighted by Crippen LogP contribution is -2.91. The van der Waals surface area contributed by atoms with Gasteiger partial charge in [0.2, 0.25) is 5.82 Å². The van der Waals surface area contributed by atoms with Gasteiger partial charge in [0.15, 0.2) is 11.6 Å². The number of quaternary nitrogens is 1. The second-order valence-corrected chi connectivity index (χ2v) is 3.36. The number of nitrogens with two attached hydrogens (primary N) is 3. The van der Waals surface area contributed by atoms with Gasteiger partial charge in [-0.15, -0.1) is 0 Å². The Bertz CT molecular complexity index is 457. The first kappa shape index (κ1) is 13.1. The summed E-state index contributed by atoms with van der Waals surface area (Å²) < 4.78 is 18.1. The summed E-state index contributed by atoms with van der Waals surface area (Å²) in [5.74, 6) is 5.34. The fraction of sp³-hybridized carbons (Fsp3) is 0.182. The van der Waals surface area contributed by atoms with Crippen LogP contribution in [-0.2, 0) is 0 Å². The van der Waals surface area contributed by atoms with Crippen LogP contribution in [0.15, 0.2) is 35.2 Å². The van der Waals surface area contributed by atoms with Gasteiger partial charge in [0.05, 0.1) is 7.11 Å². The Kier molecular flexibility index (Phi) is 4.62. The van der Waals surface area contributed by atoms with E-state index in [-0.39, 0.29) is 5.75 Å². The molecule has 5 nitrogen and oxygen atoms in total. The average Bonchev–Trinajstić information content (AvgIpc) is 2.35. The summed E-state index contributed by atoms with van der Waals surface area (Å²) in [4.78, 5) is 4.11. The molecule has 0 saturated carbocycles. The summed E-state index contributed by atoms with van der Waals surface area (Å²) in [6.45, 7) is 1.78.